The van der Waals surface area contributed by atoms with Gasteiger partial charge in [-0.1, -0.05) is 60.7 Å². The molecule has 9 heteroatoms. The van der Waals surface area contributed by atoms with E-state index in [2.05, 4.69) is 20.6 Å². The quantitative estimate of drug-likeness (QED) is 0.225. The van der Waals surface area contributed by atoms with Crippen molar-refractivity contribution in [1.29, 1.82) is 0 Å². The zero-order valence-corrected chi connectivity index (χ0v) is 21.3. The lowest BCUT2D eigenvalue weighted by atomic mass is 9.95. The van der Waals surface area contributed by atoms with Crippen LogP contribution in [-0.4, -0.2) is 52.8 Å². The van der Waals surface area contributed by atoms with Gasteiger partial charge in [0.15, 0.2) is 5.54 Å². The number of pyridine rings is 1. The van der Waals surface area contributed by atoms with Crippen LogP contribution in [0.15, 0.2) is 96.1 Å². The third-order valence-corrected chi connectivity index (χ3v) is 6.21. The molecule has 0 radical (unpaired) electrons. The second-order valence-electron chi connectivity index (χ2n) is 9.08. The highest BCUT2D eigenvalue weighted by atomic mass is 16.5. The Morgan fingerprint density at radius 2 is 1.69 bits per heavy atom. The van der Waals surface area contributed by atoms with Crippen molar-refractivity contribution in [2.45, 2.75) is 30.8 Å². The molecule has 2 heterocycles. The van der Waals surface area contributed by atoms with Crippen LogP contribution in [0, 0.1) is 0 Å². The number of aliphatic imine (C=N–C) groups is 1. The summed E-state index contributed by atoms with van der Waals surface area (Å²) in [5.41, 5.74) is 1.17. The first-order chi connectivity index (χ1) is 18.9. The lowest BCUT2D eigenvalue weighted by molar-refractivity contribution is -0.150. The van der Waals surface area contributed by atoms with Crippen molar-refractivity contribution >= 4 is 29.9 Å². The number of allylic oxidation sites excluding steroid dienone is 1. The molecule has 0 fully saturated rings. The molecular weight excluding hydrogens is 496 g/mol. The second-order valence-corrected chi connectivity index (χ2v) is 9.08. The van der Waals surface area contributed by atoms with E-state index in [0.717, 1.165) is 16.9 Å². The molecule has 1 amide bonds. The number of carbonyl (C=O) groups is 3. The Balaban J connectivity index is 1.35. The van der Waals surface area contributed by atoms with Crippen LogP contribution >= 0.6 is 0 Å². The van der Waals surface area contributed by atoms with Crippen LogP contribution in [0.1, 0.15) is 30.9 Å². The number of benzene rings is 2. The summed E-state index contributed by atoms with van der Waals surface area (Å²) in [4.78, 5) is 46.0. The number of nitrogens with one attached hydrogen (secondary N) is 2. The molecule has 0 bridgehead atoms. The van der Waals surface area contributed by atoms with Crippen LogP contribution < -0.4 is 10.6 Å². The molecule has 0 aliphatic carbocycles. The fraction of sp³-hybridized carbons (Fsp3) is 0.233. The molecule has 0 saturated carbocycles. The molecule has 1 aliphatic rings. The van der Waals surface area contributed by atoms with Crippen molar-refractivity contribution in [3.05, 3.63) is 96.7 Å². The molecule has 3 N–H and O–H groups in total. The number of carbonyl (C=O) groups excluding carboxylic acids is 2. The Bertz CT molecular complexity index is 1310. The molecular formula is C30H30N4O5. The number of aromatic nitrogens is 1. The van der Waals surface area contributed by atoms with Gasteiger partial charge in [0.2, 0.25) is 5.91 Å². The Kier molecular flexibility index (Phi) is 9.18. The number of aliphatic carboxylic acids is 1. The molecule has 2 unspecified atom stereocenters. The number of carboxylic acid groups (broad SMARTS) is 1. The summed E-state index contributed by atoms with van der Waals surface area (Å²) in [6, 6.07) is 21.9. The number of amides is 1. The third kappa shape index (κ3) is 7.61. The molecule has 0 spiro atoms. The maximum absolute atomic E-state index is 13.1. The number of carboxylic acids is 1. The maximum Gasteiger partial charge on any atom is 0.338 e. The average molecular weight is 527 g/mol. The zero-order chi connectivity index (χ0) is 27.5. The van der Waals surface area contributed by atoms with Gasteiger partial charge in [0.25, 0.3) is 0 Å². The third-order valence-electron chi connectivity index (χ3n) is 6.21. The van der Waals surface area contributed by atoms with Gasteiger partial charge < -0.3 is 20.5 Å². The lowest BCUT2D eigenvalue weighted by Crippen LogP contribution is -2.42. The largest absolute Gasteiger partial charge is 0.481 e. The van der Waals surface area contributed by atoms with E-state index in [4.69, 9.17) is 4.74 Å². The van der Waals surface area contributed by atoms with Gasteiger partial charge in [-0.2, -0.15) is 0 Å². The number of hydrogen-bond acceptors (Lipinski definition) is 7. The van der Waals surface area contributed by atoms with E-state index in [1.165, 1.54) is 12.3 Å². The summed E-state index contributed by atoms with van der Waals surface area (Å²) in [5, 5.41) is 15.4. The average Bonchev–Trinajstić information content (AvgIpc) is 3.43. The standard InChI is InChI=1S/C30H30N4O5/c35-27(34-25(20-28(36)37)24-13-11-23(12-14-24)22-8-2-1-3-9-22)21-30(15-6-18-33-30)29(38)39-19-7-17-32-26-10-4-5-16-31-26/h1-6,8-16,18,25H,7,17,19-21H2,(H,31,32)(H,34,35)(H,36,37). The summed E-state index contributed by atoms with van der Waals surface area (Å²) in [6.45, 7) is 0.692. The molecule has 1 aromatic heterocycles. The van der Waals surface area contributed by atoms with Crippen molar-refractivity contribution < 1.29 is 24.2 Å². The highest BCUT2D eigenvalue weighted by molar-refractivity contribution is 5.96. The highest BCUT2D eigenvalue weighted by Gasteiger charge is 2.41. The van der Waals surface area contributed by atoms with Crippen LogP contribution in [0.4, 0.5) is 5.82 Å². The molecule has 2 aromatic carbocycles. The Morgan fingerprint density at radius 1 is 0.949 bits per heavy atom. The van der Waals surface area contributed by atoms with Gasteiger partial charge in [0.1, 0.15) is 5.82 Å². The van der Waals surface area contributed by atoms with Crippen molar-refractivity contribution in [2.75, 3.05) is 18.5 Å². The summed E-state index contributed by atoms with van der Waals surface area (Å²) in [5.74, 6) is -1.47. The predicted octanol–water partition coefficient (Wildman–Crippen LogP) is 4.20. The summed E-state index contributed by atoms with van der Waals surface area (Å²) in [7, 11) is 0. The van der Waals surface area contributed by atoms with Gasteiger partial charge in [0, 0.05) is 19.0 Å². The first kappa shape index (κ1) is 27.3. The van der Waals surface area contributed by atoms with E-state index in [1.807, 2.05) is 60.7 Å². The van der Waals surface area contributed by atoms with Crippen LogP contribution in [0.3, 0.4) is 0 Å². The van der Waals surface area contributed by atoms with Gasteiger partial charge in [-0.05, 0) is 47.4 Å². The number of esters is 1. The first-order valence-electron chi connectivity index (χ1n) is 12.7. The SMILES string of the molecule is O=C(O)CC(NC(=O)CC1(C(=O)OCCCNc2ccccn2)C=CC=N1)c1ccc(-c2ccccc2)cc1. The Labute approximate surface area is 226 Å². The number of anilines is 1. The topological polar surface area (TPSA) is 130 Å². The van der Waals surface area contributed by atoms with Crippen LogP contribution in [0.25, 0.3) is 11.1 Å². The smallest absolute Gasteiger partial charge is 0.338 e. The molecule has 1 aliphatic heterocycles. The van der Waals surface area contributed by atoms with Gasteiger partial charge >= 0.3 is 11.9 Å². The molecule has 9 nitrogen and oxygen atoms in total. The number of nitrogens with zero attached hydrogens (tertiary/aromatic N) is 2. The van der Waals surface area contributed by atoms with Crippen molar-refractivity contribution in [3.8, 4) is 11.1 Å². The summed E-state index contributed by atoms with van der Waals surface area (Å²) < 4.78 is 5.44. The maximum atomic E-state index is 13.1. The van der Waals surface area contributed by atoms with E-state index in [0.29, 0.717) is 18.5 Å². The van der Waals surface area contributed by atoms with E-state index < -0.39 is 29.4 Å². The van der Waals surface area contributed by atoms with E-state index in [9.17, 15) is 19.5 Å². The zero-order valence-electron chi connectivity index (χ0n) is 21.3. The first-order valence-corrected chi connectivity index (χ1v) is 12.7. The number of rotatable bonds is 13. The predicted molar refractivity (Wildman–Crippen MR) is 148 cm³/mol. The number of hydrogen-bond donors (Lipinski definition) is 3. The Hall–Kier alpha value is -4.79. The Morgan fingerprint density at radius 3 is 2.36 bits per heavy atom. The van der Waals surface area contributed by atoms with Crippen LogP contribution in [0.2, 0.25) is 0 Å². The van der Waals surface area contributed by atoms with Crippen molar-refractivity contribution in [1.82, 2.24) is 10.3 Å². The minimum absolute atomic E-state index is 0.140. The highest BCUT2D eigenvalue weighted by Crippen LogP contribution is 2.27. The van der Waals surface area contributed by atoms with Crippen LogP contribution in [0.5, 0.6) is 0 Å². The lowest BCUT2D eigenvalue weighted by Gasteiger charge is -2.24. The molecule has 0 saturated heterocycles. The van der Waals surface area contributed by atoms with Gasteiger partial charge in [-0.25, -0.2) is 9.78 Å². The minimum atomic E-state index is -1.48. The van der Waals surface area contributed by atoms with E-state index in [-0.39, 0.29) is 19.4 Å². The monoisotopic (exact) mass is 526 g/mol. The molecule has 2 atom stereocenters. The fourth-order valence-electron chi connectivity index (χ4n) is 4.22. The van der Waals surface area contributed by atoms with Gasteiger partial charge in [-0.15, -0.1) is 0 Å². The second kappa shape index (κ2) is 13.1. The molecule has 4 rings (SSSR count). The minimum Gasteiger partial charge on any atom is -0.481 e. The van der Waals surface area contributed by atoms with E-state index >= 15 is 0 Å². The molecule has 39 heavy (non-hydrogen) atoms. The summed E-state index contributed by atoms with van der Waals surface area (Å²) in [6.07, 6.45) is 6.18. The molecule has 200 valence electrons. The van der Waals surface area contributed by atoms with Gasteiger partial charge in [-0.3, -0.25) is 14.6 Å². The molecule has 3 aromatic rings. The van der Waals surface area contributed by atoms with Gasteiger partial charge in [0.05, 0.1) is 25.5 Å². The van der Waals surface area contributed by atoms with Crippen molar-refractivity contribution in [3.63, 3.8) is 0 Å². The number of ether oxygens (including phenoxy) is 1. The van der Waals surface area contributed by atoms with E-state index in [1.54, 1.807) is 24.4 Å². The van der Waals surface area contributed by atoms with Crippen molar-refractivity contribution in [2.24, 2.45) is 4.99 Å². The summed E-state index contributed by atoms with van der Waals surface area (Å²) >= 11 is 0. The van der Waals surface area contributed by atoms with Crippen LogP contribution in [-0.2, 0) is 19.1 Å². The fourth-order valence-corrected chi connectivity index (χ4v) is 4.22. The normalized spacial score (nSPS) is 16.4.